The van der Waals surface area contributed by atoms with Gasteiger partial charge in [-0.15, -0.1) is 5.10 Å². The van der Waals surface area contributed by atoms with Gasteiger partial charge in [0.1, 0.15) is 23.1 Å². The highest BCUT2D eigenvalue weighted by Gasteiger charge is 2.22. The number of carboxylic acids is 1. The fraction of sp³-hybridized carbons (Fsp3) is 0.0625. The highest BCUT2D eigenvalue weighted by atomic mass is 19.1. The molecule has 1 aromatic heterocycles. The van der Waals surface area contributed by atoms with Crippen molar-refractivity contribution in [2.45, 2.75) is 6.54 Å². The topological polar surface area (TPSA) is 68.0 Å². The highest BCUT2D eigenvalue weighted by molar-refractivity contribution is 5.92. The molecule has 122 valence electrons. The molecule has 3 aromatic rings. The SMILES string of the molecule is O=C(O)c1nnn(Cc2c(F)cccc2F)c1-c1ccc(F)cc1. The molecule has 0 bridgehead atoms. The van der Waals surface area contributed by atoms with Crippen LogP contribution in [-0.4, -0.2) is 26.1 Å². The lowest BCUT2D eigenvalue weighted by Gasteiger charge is -2.09. The van der Waals surface area contributed by atoms with Gasteiger partial charge in [0.25, 0.3) is 0 Å². The third-order valence-electron chi connectivity index (χ3n) is 3.42. The van der Waals surface area contributed by atoms with Crippen LogP contribution >= 0.6 is 0 Å². The standard InChI is InChI=1S/C16H10F3N3O2/c17-10-6-4-9(5-7-10)15-14(16(23)24)20-21-22(15)8-11-12(18)2-1-3-13(11)19/h1-7H,8H2,(H,23,24). The minimum atomic E-state index is -1.35. The van der Waals surface area contributed by atoms with Gasteiger partial charge in [0.05, 0.1) is 6.54 Å². The van der Waals surface area contributed by atoms with Gasteiger partial charge in [-0.25, -0.2) is 22.6 Å². The van der Waals surface area contributed by atoms with Crippen LogP contribution in [0.4, 0.5) is 13.2 Å². The van der Waals surface area contributed by atoms with E-state index < -0.39 is 29.1 Å². The Bertz CT molecular complexity index is 887. The number of rotatable bonds is 4. The molecular formula is C16H10F3N3O2. The van der Waals surface area contributed by atoms with Gasteiger partial charge in [0.15, 0.2) is 5.69 Å². The Morgan fingerprint density at radius 2 is 1.67 bits per heavy atom. The smallest absolute Gasteiger partial charge is 0.358 e. The summed E-state index contributed by atoms with van der Waals surface area (Å²) in [5, 5.41) is 16.4. The van der Waals surface area contributed by atoms with Crippen molar-refractivity contribution in [2.24, 2.45) is 0 Å². The fourth-order valence-electron chi connectivity index (χ4n) is 2.29. The number of aromatic carboxylic acids is 1. The van der Waals surface area contributed by atoms with Gasteiger partial charge in [0, 0.05) is 11.1 Å². The predicted molar refractivity (Wildman–Crippen MR) is 77.8 cm³/mol. The molecule has 0 amide bonds. The average molecular weight is 333 g/mol. The van der Waals surface area contributed by atoms with E-state index in [0.717, 1.165) is 28.9 Å². The second-order valence-corrected chi connectivity index (χ2v) is 4.96. The molecule has 0 aliphatic heterocycles. The number of carbonyl (C=O) groups is 1. The average Bonchev–Trinajstić information content (AvgIpc) is 2.96. The molecule has 0 fully saturated rings. The number of aromatic nitrogens is 3. The fourth-order valence-corrected chi connectivity index (χ4v) is 2.29. The quantitative estimate of drug-likeness (QED) is 0.797. The van der Waals surface area contributed by atoms with Crippen molar-refractivity contribution < 1.29 is 23.1 Å². The monoisotopic (exact) mass is 333 g/mol. The van der Waals surface area contributed by atoms with E-state index in [1.807, 2.05) is 0 Å². The summed E-state index contributed by atoms with van der Waals surface area (Å²) in [5.74, 6) is -3.43. The predicted octanol–water partition coefficient (Wildman–Crippen LogP) is 3.11. The van der Waals surface area contributed by atoms with E-state index in [-0.39, 0.29) is 17.8 Å². The van der Waals surface area contributed by atoms with Crippen LogP contribution in [0.3, 0.4) is 0 Å². The van der Waals surface area contributed by atoms with Crippen LogP contribution in [-0.2, 0) is 6.54 Å². The van der Waals surface area contributed by atoms with Crippen molar-refractivity contribution in [3.8, 4) is 11.3 Å². The minimum Gasteiger partial charge on any atom is -0.476 e. The Labute approximate surface area is 134 Å². The third-order valence-corrected chi connectivity index (χ3v) is 3.42. The molecule has 0 saturated carbocycles. The molecule has 0 radical (unpaired) electrons. The summed E-state index contributed by atoms with van der Waals surface area (Å²) in [5.41, 5.74) is -0.318. The van der Waals surface area contributed by atoms with E-state index in [1.54, 1.807) is 0 Å². The van der Waals surface area contributed by atoms with Crippen molar-refractivity contribution in [3.05, 3.63) is 71.2 Å². The van der Waals surface area contributed by atoms with E-state index in [2.05, 4.69) is 10.3 Å². The van der Waals surface area contributed by atoms with Gasteiger partial charge in [0.2, 0.25) is 0 Å². The van der Waals surface area contributed by atoms with Crippen LogP contribution in [0, 0.1) is 17.5 Å². The summed E-state index contributed by atoms with van der Waals surface area (Å²) >= 11 is 0. The Hall–Kier alpha value is -3.16. The zero-order valence-corrected chi connectivity index (χ0v) is 12.1. The van der Waals surface area contributed by atoms with Crippen LogP contribution in [0.2, 0.25) is 0 Å². The molecule has 1 heterocycles. The molecule has 0 atom stereocenters. The normalized spacial score (nSPS) is 10.8. The number of hydrogen-bond acceptors (Lipinski definition) is 3. The first-order chi connectivity index (χ1) is 11.5. The van der Waals surface area contributed by atoms with Crippen LogP contribution in [0.15, 0.2) is 42.5 Å². The molecule has 0 spiro atoms. The summed E-state index contributed by atoms with van der Waals surface area (Å²) in [6.07, 6.45) is 0. The molecule has 24 heavy (non-hydrogen) atoms. The van der Waals surface area contributed by atoms with Crippen LogP contribution in [0.5, 0.6) is 0 Å². The van der Waals surface area contributed by atoms with Gasteiger partial charge < -0.3 is 5.11 Å². The van der Waals surface area contributed by atoms with Gasteiger partial charge in [-0.2, -0.15) is 0 Å². The Morgan fingerprint density at radius 1 is 1.04 bits per heavy atom. The second kappa shape index (κ2) is 6.15. The number of carboxylic acid groups (broad SMARTS) is 1. The Morgan fingerprint density at radius 3 is 2.25 bits per heavy atom. The maximum absolute atomic E-state index is 13.8. The highest BCUT2D eigenvalue weighted by Crippen LogP contribution is 2.24. The van der Waals surface area contributed by atoms with Crippen molar-refractivity contribution in [1.82, 2.24) is 15.0 Å². The first kappa shape index (κ1) is 15.7. The third kappa shape index (κ3) is 2.85. The van der Waals surface area contributed by atoms with E-state index in [9.17, 15) is 23.1 Å². The number of benzene rings is 2. The lowest BCUT2D eigenvalue weighted by molar-refractivity contribution is 0.0691. The zero-order valence-electron chi connectivity index (χ0n) is 12.1. The van der Waals surface area contributed by atoms with Gasteiger partial charge in [-0.3, -0.25) is 0 Å². The maximum Gasteiger partial charge on any atom is 0.358 e. The number of nitrogens with zero attached hydrogens (tertiary/aromatic N) is 3. The molecule has 5 nitrogen and oxygen atoms in total. The van der Waals surface area contributed by atoms with Gasteiger partial charge in [-0.1, -0.05) is 11.3 Å². The summed E-state index contributed by atoms with van der Waals surface area (Å²) in [4.78, 5) is 11.3. The molecule has 3 rings (SSSR count). The van der Waals surface area contributed by atoms with E-state index in [0.29, 0.717) is 5.56 Å². The maximum atomic E-state index is 13.8. The Kier molecular flexibility index (Phi) is 4.03. The summed E-state index contributed by atoms with van der Waals surface area (Å²) < 4.78 is 41.8. The molecule has 1 N–H and O–H groups in total. The lowest BCUT2D eigenvalue weighted by atomic mass is 10.1. The first-order valence-corrected chi connectivity index (χ1v) is 6.83. The van der Waals surface area contributed by atoms with Gasteiger partial charge >= 0.3 is 5.97 Å². The molecule has 0 aliphatic rings. The van der Waals surface area contributed by atoms with Crippen molar-refractivity contribution >= 4 is 5.97 Å². The van der Waals surface area contributed by atoms with E-state index in [4.69, 9.17) is 0 Å². The summed E-state index contributed by atoms with van der Waals surface area (Å²) in [6.45, 7) is -0.356. The molecule has 0 saturated heterocycles. The summed E-state index contributed by atoms with van der Waals surface area (Å²) in [7, 11) is 0. The molecule has 0 unspecified atom stereocenters. The van der Waals surface area contributed by atoms with Crippen LogP contribution in [0.1, 0.15) is 16.1 Å². The minimum absolute atomic E-state index is 0.0325. The van der Waals surface area contributed by atoms with Crippen LogP contribution < -0.4 is 0 Å². The molecule has 8 heteroatoms. The number of hydrogen-bond donors (Lipinski definition) is 1. The van der Waals surface area contributed by atoms with Crippen molar-refractivity contribution in [3.63, 3.8) is 0 Å². The zero-order chi connectivity index (χ0) is 17.3. The lowest BCUT2D eigenvalue weighted by Crippen LogP contribution is -2.09. The van der Waals surface area contributed by atoms with Crippen LogP contribution in [0.25, 0.3) is 11.3 Å². The van der Waals surface area contributed by atoms with Gasteiger partial charge in [-0.05, 0) is 36.4 Å². The summed E-state index contributed by atoms with van der Waals surface area (Å²) in [6, 6.07) is 8.36. The largest absolute Gasteiger partial charge is 0.476 e. The molecular weight excluding hydrogens is 323 g/mol. The van der Waals surface area contributed by atoms with Crippen molar-refractivity contribution in [1.29, 1.82) is 0 Å². The second-order valence-electron chi connectivity index (χ2n) is 4.96. The molecule has 2 aromatic carbocycles. The van der Waals surface area contributed by atoms with E-state index >= 15 is 0 Å². The van der Waals surface area contributed by atoms with E-state index in [1.165, 1.54) is 18.2 Å². The number of halogens is 3. The first-order valence-electron chi connectivity index (χ1n) is 6.83. The Balaban J connectivity index is 2.12. The van der Waals surface area contributed by atoms with Crippen molar-refractivity contribution in [2.75, 3.05) is 0 Å². The molecule has 0 aliphatic carbocycles.